The first-order valence-corrected chi connectivity index (χ1v) is 6.17. The predicted octanol–water partition coefficient (Wildman–Crippen LogP) is 3.24. The molecule has 3 aromatic rings. The van der Waals surface area contributed by atoms with Gasteiger partial charge in [-0.3, -0.25) is 14.7 Å². The van der Waals surface area contributed by atoms with Gasteiger partial charge in [0.05, 0.1) is 10.4 Å². The molecule has 0 radical (unpaired) electrons. The van der Waals surface area contributed by atoms with Gasteiger partial charge in [0.1, 0.15) is 11.4 Å². The topological polar surface area (TPSA) is 85.4 Å². The monoisotopic (exact) mass is 282 g/mol. The van der Waals surface area contributed by atoms with E-state index in [1.165, 1.54) is 22.8 Å². The molecule has 6 heteroatoms. The van der Waals surface area contributed by atoms with Gasteiger partial charge < -0.3 is 5.11 Å². The molecule has 0 spiro atoms. The molecule has 1 aromatic heterocycles. The molecule has 21 heavy (non-hydrogen) atoms. The quantitative estimate of drug-likeness (QED) is 0.590. The fraction of sp³-hybridized carbons (Fsp3) is 0. The average molecular weight is 282 g/mol. The molecule has 0 fully saturated rings. The second kappa shape index (κ2) is 4.75. The van der Waals surface area contributed by atoms with Crippen LogP contribution in [0, 0.1) is 10.1 Å². The summed E-state index contributed by atoms with van der Waals surface area (Å²) in [5.41, 5.74) is 0.706. The third-order valence-electron chi connectivity index (χ3n) is 3.25. The molecule has 0 saturated carbocycles. The Morgan fingerprint density at radius 3 is 2.48 bits per heavy atom. The predicted molar refractivity (Wildman–Crippen MR) is 76.9 cm³/mol. The molecule has 0 bridgehead atoms. The number of aromatic nitrogens is 1. The van der Waals surface area contributed by atoms with Crippen LogP contribution < -0.4 is 0 Å². The molecule has 6 nitrogen and oxygen atoms in total. The molecule has 1 heterocycles. The molecule has 3 rings (SSSR count). The largest absolute Gasteiger partial charge is 0.477 e. The van der Waals surface area contributed by atoms with Crippen molar-refractivity contribution >= 4 is 22.6 Å². The highest BCUT2D eigenvalue weighted by atomic mass is 16.6. The molecule has 0 saturated heterocycles. The molecule has 0 aliphatic heterocycles. The van der Waals surface area contributed by atoms with E-state index in [2.05, 4.69) is 0 Å². The number of hydrogen-bond donors (Lipinski definition) is 1. The first kappa shape index (κ1) is 12.9. The standard InChI is InChI=1S/C15H10N2O4/c18-15(19)14-9-10-5-1-2-6-11(10)16(14)12-7-3-4-8-13(12)17(20)21/h1-9H,(H,18,19). The molecular formula is C15H10N2O4. The number of carboxylic acid groups (broad SMARTS) is 1. The van der Waals surface area contributed by atoms with Crippen LogP contribution in [0.25, 0.3) is 16.6 Å². The highest BCUT2D eigenvalue weighted by Crippen LogP contribution is 2.29. The Hall–Kier alpha value is -3.15. The van der Waals surface area contributed by atoms with Gasteiger partial charge in [-0.05, 0) is 18.2 Å². The van der Waals surface area contributed by atoms with Crippen molar-refractivity contribution in [2.75, 3.05) is 0 Å². The maximum Gasteiger partial charge on any atom is 0.352 e. The zero-order valence-corrected chi connectivity index (χ0v) is 10.8. The van der Waals surface area contributed by atoms with Crippen LogP contribution in [0.5, 0.6) is 0 Å². The summed E-state index contributed by atoms with van der Waals surface area (Å²) in [6.07, 6.45) is 0. The van der Waals surface area contributed by atoms with E-state index in [-0.39, 0.29) is 17.1 Å². The minimum atomic E-state index is -1.13. The number of rotatable bonds is 3. The minimum Gasteiger partial charge on any atom is -0.477 e. The lowest BCUT2D eigenvalue weighted by molar-refractivity contribution is -0.384. The van der Waals surface area contributed by atoms with Gasteiger partial charge in [-0.15, -0.1) is 0 Å². The molecule has 0 atom stereocenters. The maximum atomic E-state index is 11.5. The zero-order chi connectivity index (χ0) is 15.0. The van der Waals surface area contributed by atoms with E-state index in [0.717, 1.165) is 0 Å². The summed E-state index contributed by atoms with van der Waals surface area (Å²) in [6.45, 7) is 0. The van der Waals surface area contributed by atoms with Crippen LogP contribution in [0.1, 0.15) is 10.5 Å². The van der Waals surface area contributed by atoms with Crippen molar-refractivity contribution in [3.8, 4) is 5.69 Å². The van der Waals surface area contributed by atoms with Crippen LogP contribution in [0.2, 0.25) is 0 Å². The molecular weight excluding hydrogens is 272 g/mol. The van der Waals surface area contributed by atoms with Crippen LogP contribution >= 0.6 is 0 Å². The van der Waals surface area contributed by atoms with Crippen molar-refractivity contribution < 1.29 is 14.8 Å². The van der Waals surface area contributed by atoms with Crippen LogP contribution in [0.3, 0.4) is 0 Å². The van der Waals surface area contributed by atoms with Crippen molar-refractivity contribution in [1.29, 1.82) is 0 Å². The number of nitro benzene ring substituents is 1. The summed E-state index contributed by atoms with van der Waals surface area (Å²) < 4.78 is 1.40. The number of benzene rings is 2. The van der Waals surface area contributed by atoms with Gasteiger partial charge in [-0.25, -0.2) is 4.79 Å². The number of nitrogens with zero attached hydrogens (tertiary/aromatic N) is 2. The van der Waals surface area contributed by atoms with Crippen LogP contribution in [-0.4, -0.2) is 20.6 Å². The van der Waals surface area contributed by atoms with Crippen molar-refractivity contribution in [3.05, 3.63) is 70.4 Å². The Morgan fingerprint density at radius 2 is 1.76 bits per heavy atom. The normalized spacial score (nSPS) is 10.7. The Balaban J connectivity index is 2.42. The van der Waals surface area contributed by atoms with Gasteiger partial charge in [0.15, 0.2) is 0 Å². The summed E-state index contributed by atoms with van der Waals surface area (Å²) in [7, 11) is 0. The maximum absolute atomic E-state index is 11.5. The first-order valence-electron chi connectivity index (χ1n) is 6.17. The third-order valence-corrected chi connectivity index (χ3v) is 3.25. The first-order chi connectivity index (χ1) is 10.1. The van der Waals surface area contributed by atoms with Crippen LogP contribution in [0.15, 0.2) is 54.6 Å². The van der Waals surface area contributed by atoms with E-state index in [1.807, 2.05) is 0 Å². The number of carboxylic acids is 1. The van der Waals surface area contributed by atoms with E-state index < -0.39 is 10.9 Å². The molecule has 0 aliphatic carbocycles. The lowest BCUT2D eigenvalue weighted by atomic mass is 10.2. The number of aromatic carboxylic acids is 1. The summed E-state index contributed by atoms with van der Waals surface area (Å²) >= 11 is 0. The van der Waals surface area contributed by atoms with Crippen LogP contribution in [-0.2, 0) is 0 Å². The Kier molecular flexibility index (Phi) is 2.91. The van der Waals surface area contributed by atoms with Crippen molar-refractivity contribution in [2.45, 2.75) is 0 Å². The van der Waals surface area contributed by atoms with E-state index >= 15 is 0 Å². The lowest BCUT2D eigenvalue weighted by Gasteiger charge is -2.08. The Bertz CT molecular complexity index is 867. The van der Waals surface area contributed by atoms with Crippen LogP contribution in [0.4, 0.5) is 5.69 Å². The Labute approximate surface area is 119 Å². The van der Waals surface area contributed by atoms with E-state index in [0.29, 0.717) is 10.9 Å². The second-order valence-electron chi connectivity index (χ2n) is 4.47. The fourth-order valence-corrected chi connectivity index (χ4v) is 2.38. The van der Waals surface area contributed by atoms with E-state index in [1.54, 1.807) is 36.4 Å². The second-order valence-corrected chi connectivity index (χ2v) is 4.47. The molecule has 1 N–H and O–H groups in total. The molecule has 2 aromatic carbocycles. The highest BCUT2D eigenvalue weighted by molar-refractivity contribution is 5.96. The third kappa shape index (κ3) is 2.02. The summed E-state index contributed by atoms with van der Waals surface area (Å²) in [6, 6.07) is 14.7. The van der Waals surface area contributed by atoms with Gasteiger partial charge in [-0.2, -0.15) is 0 Å². The number of fused-ring (bicyclic) bond motifs is 1. The zero-order valence-electron chi connectivity index (χ0n) is 10.8. The van der Waals surface area contributed by atoms with Crippen molar-refractivity contribution in [1.82, 2.24) is 4.57 Å². The van der Waals surface area contributed by atoms with Gasteiger partial charge in [0, 0.05) is 11.5 Å². The summed E-state index contributed by atoms with van der Waals surface area (Å²) in [4.78, 5) is 22.1. The van der Waals surface area contributed by atoms with Gasteiger partial charge in [0.25, 0.3) is 5.69 Å². The number of carbonyl (C=O) groups is 1. The average Bonchev–Trinajstić information content (AvgIpc) is 2.86. The SMILES string of the molecule is O=C(O)c1cc2ccccc2n1-c1ccccc1[N+](=O)[O-]. The molecule has 0 aliphatic rings. The lowest BCUT2D eigenvalue weighted by Crippen LogP contribution is -2.08. The minimum absolute atomic E-state index is 0.00880. The van der Waals surface area contributed by atoms with Crippen molar-refractivity contribution in [2.24, 2.45) is 0 Å². The van der Waals surface area contributed by atoms with Gasteiger partial charge in [0.2, 0.25) is 0 Å². The van der Waals surface area contributed by atoms with Crippen molar-refractivity contribution in [3.63, 3.8) is 0 Å². The number of nitro groups is 1. The molecule has 104 valence electrons. The Morgan fingerprint density at radius 1 is 1.10 bits per heavy atom. The van der Waals surface area contributed by atoms with Gasteiger partial charge >= 0.3 is 5.97 Å². The smallest absolute Gasteiger partial charge is 0.352 e. The fourth-order valence-electron chi connectivity index (χ4n) is 2.38. The van der Waals surface area contributed by atoms with E-state index in [9.17, 15) is 20.0 Å². The highest BCUT2D eigenvalue weighted by Gasteiger charge is 2.21. The molecule has 0 unspecified atom stereocenters. The summed E-state index contributed by atoms with van der Waals surface area (Å²) in [5, 5.41) is 21.3. The number of hydrogen-bond acceptors (Lipinski definition) is 3. The van der Waals surface area contributed by atoms with E-state index in [4.69, 9.17) is 0 Å². The van der Waals surface area contributed by atoms with Gasteiger partial charge in [-0.1, -0.05) is 30.3 Å². The number of para-hydroxylation sites is 3. The molecule has 0 amide bonds. The summed E-state index contributed by atoms with van der Waals surface area (Å²) in [5.74, 6) is -1.13.